The van der Waals surface area contributed by atoms with Gasteiger partial charge in [0.05, 0.1) is 24.9 Å². The third-order valence-electron chi connectivity index (χ3n) is 4.20. The van der Waals surface area contributed by atoms with Crippen LogP contribution < -0.4 is 10.1 Å². The van der Waals surface area contributed by atoms with Crippen molar-refractivity contribution in [1.82, 2.24) is 15.1 Å². The number of benzene rings is 1. The van der Waals surface area contributed by atoms with E-state index in [9.17, 15) is 0 Å². The van der Waals surface area contributed by atoms with Crippen LogP contribution in [0.3, 0.4) is 0 Å². The minimum atomic E-state index is 0.300. The van der Waals surface area contributed by atoms with Crippen LogP contribution in [0.4, 0.5) is 0 Å². The van der Waals surface area contributed by atoms with E-state index in [4.69, 9.17) is 4.74 Å². The molecule has 0 saturated heterocycles. The highest BCUT2D eigenvalue weighted by Crippen LogP contribution is 2.40. The van der Waals surface area contributed by atoms with Crippen molar-refractivity contribution in [2.24, 2.45) is 0 Å². The number of nitrogens with one attached hydrogen (secondary N) is 1. The van der Waals surface area contributed by atoms with Crippen LogP contribution in [0, 0.1) is 6.92 Å². The fourth-order valence-corrected chi connectivity index (χ4v) is 3.14. The maximum Gasteiger partial charge on any atom is 0.119 e. The molecule has 0 amide bonds. The van der Waals surface area contributed by atoms with Gasteiger partial charge >= 0.3 is 0 Å². The average Bonchev–Trinajstić information content (AvgIpc) is 3.07. The fraction of sp³-hybridized carbons (Fsp3) is 0.471. The molecule has 4 nitrogen and oxygen atoms in total. The maximum atomic E-state index is 5.39. The molecular formula is C17H23N3O. The van der Waals surface area contributed by atoms with Gasteiger partial charge in [0.25, 0.3) is 0 Å². The van der Waals surface area contributed by atoms with Crippen molar-refractivity contribution in [3.8, 4) is 5.75 Å². The predicted molar refractivity (Wildman–Crippen MR) is 83.7 cm³/mol. The number of hydrogen-bond acceptors (Lipinski definition) is 3. The lowest BCUT2D eigenvalue weighted by atomic mass is 10.1. The van der Waals surface area contributed by atoms with Crippen molar-refractivity contribution < 1.29 is 4.74 Å². The molecule has 1 aromatic heterocycles. The first-order valence-corrected chi connectivity index (χ1v) is 7.65. The Morgan fingerprint density at radius 3 is 2.90 bits per heavy atom. The van der Waals surface area contributed by atoms with Gasteiger partial charge in [0.1, 0.15) is 5.75 Å². The third-order valence-corrected chi connectivity index (χ3v) is 4.20. The van der Waals surface area contributed by atoms with E-state index in [0.717, 1.165) is 30.8 Å². The van der Waals surface area contributed by atoms with Crippen molar-refractivity contribution in [1.29, 1.82) is 0 Å². The molecule has 1 N–H and O–H groups in total. The largest absolute Gasteiger partial charge is 0.497 e. The Labute approximate surface area is 126 Å². The standard InChI is InChI=1S/C17H23N3O/c1-4-8-18-17-15-11-14(21-3)6-5-13(15)10-16(17)20-9-7-12(2)19-20/h5-7,9,11,16-18H,4,8,10H2,1-3H3. The number of hydrogen-bond donors (Lipinski definition) is 1. The van der Waals surface area contributed by atoms with Gasteiger partial charge in [0.15, 0.2) is 0 Å². The van der Waals surface area contributed by atoms with Crippen LogP contribution in [0.2, 0.25) is 0 Å². The van der Waals surface area contributed by atoms with Gasteiger partial charge in [0, 0.05) is 6.20 Å². The molecule has 1 aliphatic carbocycles. The van der Waals surface area contributed by atoms with Gasteiger partial charge in [-0.15, -0.1) is 0 Å². The Balaban J connectivity index is 1.95. The van der Waals surface area contributed by atoms with Crippen LogP contribution in [-0.2, 0) is 6.42 Å². The van der Waals surface area contributed by atoms with Crippen LogP contribution in [0.5, 0.6) is 5.75 Å². The second-order valence-electron chi connectivity index (χ2n) is 5.71. The van der Waals surface area contributed by atoms with Crippen molar-refractivity contribution in [2.45, 2.75) is 38.8 Å². The Morgan fingerprint density at radius 1 is 1.38 bits per heavy atom. The van der Waals surface area contributed by atoms with E-state index in [2.05, 4.69) is 46.4 Å². The zero-order valence-electron chi connectivity index (χ0n) is 13.0. The van der Waals surface area contributed by atoms with Crippen molar-refractivity contribution in [3.05, 3.63) is 47.3 Å². The predicted octanol–water partition coefficient (Wildman–Crippen LogP) is 3.04. The van der Waals surface area contributed by atoms with Gasteiger partial charge in [-0.05, 0) is 55.6 Å². The Kier molecular flexibility index (Phi) is 3.97. The number of methoxy groups -OCH3 is 1. The summed E-state index contributed by atoms with van der Waals surface area (Å²) in [4.78, 5) is 0. The highest BCUT2D eigenvalue weighted by Gasteiger charge is 2.34. The highest BCUT2D eigenvalue weighted by atomic mass is 16.5. The monoisotopic (exact) mass is 285 g/mol. The van der Waals surface area contributed by atoms with Gasteiger partial charge in [-0.2, -0.15) is 5.10 Å². The summed E-state index contributed by atoms with van der Waals surface area (Å²) >= 11 is 0. The van der Waals surface area contributed by atoms with E-state index in [-0.39, 0.29) is 0 Å². The Morgan fingerprint density at radius 2 is 2.24 bits per heavy atom. The molecule has 3 rings (SSSR count). The Hall–Kier alpha value is -1.81. The molecule has 0 aliphatic heterocycles. The molecule has 0 bridgehead atoms. The summed E-state index contributed by atoms with van der Waals surface area (Å²) in [6.07, 6.45) is 4.23. The summed E-state index contributed by atoms with van der Waals surface area (Å²) < 4.78 is 7.49. The second-order valence-corrected chi connectivity index (χ2v) is 5.71. The van der Waals surface area contributed by atoms with Gasteiger partial charge in [-0.3, -0.25) is 4.68 Å². The van der Waals surface area contributed by atoms with Gasteiger partial charge < -0.3 is 10.1 Å². The molecule has 1 heterocycles. The van der Waals surface area contributed by atoms with E-state index >= 15 is 0 Å². The zero-order chi connectivity index (χ0) is 14.8. The number of rotatable bonds is 5. The lowest BCUT2D eigenvalue weighted by Crippen LogP contribution is -2.28. The van der Waals surface area contributed by atoms with E-state index in [1.54, 1.807) is 7.11 Å². The summed E-state index contributed by atoms with van der Waals surface area (Å²) in [6.45, 7) is 5.25. The SMILES string of the molecule is CCCNC1c2cc(OC)ccc2CC1n1ccc(C)n1. The fourth-order valence-electron chi connectivity index (χ4n) is 3.14. The molecule has 0 spiro atoms. The molecule has 2 atom stereocenters. The molecule has 1 aliphatic rings. The molecule has 0 radical (unpaired) electrons. The summed E-state index contributed by atoms with van der Waals surface area (Å²) in [7, 11) is 1.72. The van der Waals surface area contributed by atoms with Crippen molar-refractivity contribution in [3.63, 3.8) is 0 Å². The third kappa shape index (κ3) is 2.68. The number of nitrogens with zero attached hydrogens (tertiary/aromatic N) is 2. The van der Waals surface area contributed by atoms with Crippen molar-refractivity contribution in [2.75, 3.05) is 13.7 Å². The number of fused-ring (bicyclic) bond motifs is 1. The van der Waals surface area contributed by atoms with Gasteiger partial charge in [-0.25, -0.2) is 0 Å². The topological polar surface area (TPSA) is 39.1 Å². The molecule has 2 aromatic rings. The molecule has 1 aromatic carbocycles. The minimum absolute atomic E-state index is 0.300. The summed E-state index contributed by atoms with van der Waals surface area (Å²) in [5.41, 5.74) is 3.81. The summed E-state index contributed by atoms with van der Waals surface area (Å²) in [5.74, 6) is 0.925. The maximum absolute atomic E-state index is 5.39. The average molecular weight is 285 g/mol. The van der Waals surface area contributed by atoms with E-state index in [1.807, 2.05) is 13.0 Å². The first-order valence-electron chi connectivity index (χ1n) is 7.65. The van der Waals surface area contributed by atoms with Crippen LogP contribution in [0.25, 0.3) is 0 Å². The van der Waals surface area contributed by atoms with E-state index in [1.165, 1.54) is 11.1 Å². The van der Waals surface area contributed by atoms with Crippen LogP contribution in [0.1, 0.15) is 42.2 Å². The lowest BCUT2D eigenvalue weighted by molar-refractivity contribution is 0.353. The number of aryl methyl sites for hydroxylation is 1. The van der Waals surface area contributed by atoms with Gasteiger partial charge in [-0.1, -0.05) is 13.0 Å². The zero-order valence-corrected chi connectivity index (χ0v) is 13.0. The first kappa shape index (κ1) is 14.1. The van der Waals surface area contributed by atoms with Gasteiger partial charge in [0.2, 0.25) is 0 Å². The van der Waals surface area contributed by atoms with Crippen LogP contribution in [0.15, 0.2) is 30.5 Å². The highest BCUT2D eigenvalue weighted by molar-refractivity contribution is 5.42. The lowest BCUT2D eigenvalue weighted by Gasteiger charge is -2.22. The van der Waals surface area contributed by atoms with E-state index in [0.29, 0.717) is 12.1 Å². The van der Waals surface area contributed by atoms with Crippen LogP contribution in [-0.4, -0.2) is 23.4 Å². The quantitative estimate of drug-likeness (QED) is 0.917. The second kappa shape index (κ2) is 5.90. The summed E-state index contributed by atoms with van der Waals surface area (Å²) in [5, 5.41) is 8.30. The number of aromatic nitrogens is 2. The number of ether oxygens (including phenoxy) is 1. The minimum Gasteiger partial charge on any atom is -0.497 e. The normalized spacial score (nSPS) is 20.5. The molecule has 0 fully saturated rings. The smallest absolute Gasteiger partial charge is 0.119 e. The molecule has 0 saturated carbocycles. The molecule has 21 heavy (non-hydrogen) atoms. The van der Waals surface area contributed by atoms with Crippen LogP contribution >= 0.6 is 0 Å². The Bertz CT molecular complexity index is 620. The molecular weight excluding hydrogens is 262 g/mol. The first-order chi connectivity index (χ1) is 10.2. The molecule has 112 valence electrons. The summed E-state index contributed by atoms with van der Waals surface area (Å²) in [6, 6.07) is 9.11. The van der Waals surface area contributed by atoms with Crippen molar-refractivity contribution >= 4 is 0 Å². The molecule has 2 unspecified atom stereocenters. The van der Waals surface area contributed by atoms with E-state index < -0.39 is 0 Å². The molecule has 4 heteroatoms.